The first-order valence-electron chi connectivity index (χ1n) is 4.85. The molecule has 0 radical (unpaired) electrons. The van der Waals surface area contributed by atoms with E-state index in [-0.39, 0.29) is 5.56 Å². The Morgan fingerprint density at radius 3 is 2.87 bits per heavy atom. The zero-order chi connectivity index (χ0) is 11.0. The Morgan fingerprint density at radius 1 is 1.67 bits per heavy atom. The summed E-state index contributed by atoms with van der Waals surface area (Å²) in [4.78, 5) is 24.6. The van der Waals surface area contributed by atoms with E-state index >= 15 is 0 Å². The molecule has 15 heavy (non-hydrogen) atoms. The highest BCUT2D eigenvalue weighted by molar-refractivity contribution is 5.21. The van der Waals surface area contributed by atoms with Gasteiger partial charge >= 0.3 is 5.69 Å². The van der Waals surface area contributed by atoms with Crippen LogP contribution in [0.5, 0.6) is 0 Å². The second kappa shape index (κ2) is 3.39. The molecule has 1 saturated carbocycles. The third-order valence-electron chi connectivity index (χ3n) is 2.84. The monoisotopic (exact) mass is 205 g/mol. The van der Waals surface area contributed by atoms with E-state index in [9.17, 15) is 9.59 Å². The van der Waals surface area contributed by atoms with Crippen LogP contribution in [0.3, 0.4) is 0 Å². The maximum atomic E-state index is 11.4. The third kappa shape index (κ3) is 1.84. The lowest BCUT2D eigenvalue weighted by molar-refractivity contribution is 0.562. The van der Waals surface area contributed by atoms with Crippen molar-refractivity contribution in [3.8, 4) is 6.07 Å². The molecule has 2 unspecified atom stereocenters. The van der Waals surface area contributed by atoms with Crippen molar-refractivity contribution in [1.82, 2.24) is 9.55 Å². The summed E-state index contributed by atoms with van der Waals surface area (Å²) in [6.45, 7) is 2.71. The highest BCUT2D eigenvalue weighted by Crippen LogP contribution is 2.38. The fraction of sp³-hybridized carbons (Fsp3) is 0.500. The molecular weight excluding hydrogens is 194 g/mol. The van der Waals surface area contributed by atoms with Crippen molar-refractivity contribution < 1.29 is 0 Å². The van der Waals surface area contributed by atoms with Crippen LogP contribution in [-0.4, -0.2) is 9.55 Å². The molecule has 1 fully saturated rings. The summed E-state index contributed by atoms with van der Waals surface area (Å²) in [6.07, 6.45) is 2.44. The molecule has 1 heterocycles. The number of nitrogens with zero attached hydrogens (tertiary/aromatic N) is 2. The van der Waals surface area contributed by atoms with Crippen molar-refractivity contribution in [3.63, 3.8) is 0 Å². The van der Waals surface area contributed by atoms with E-state index in [0.717, 1.165) is 6.42 Å². The zero-order valence-electron chi connectivity index (χ0n) is 8.36. The Labute approximate surface area is 86.0 Å². The van der Waals surface area contributed by atoms with Crippen molar-refractivity contribution in [2.45, 2.75) is 19.9 Å². The van der Waals surface area contributed by atoms with Crippen LogP contribution in [0.25, 0.3) is 0 Å². The quantitative estimate of drug-likeness (QED) is 0.741. The average Bonchev–Trinajstić information content (AvgIpc) is 2.87. The predicted molar refractivity (Wildman–Crippen MR) is 53.3 cm³/mol. The Morgan fingerprint density at radius 2 is 2.33 bits per heavy atom. The van der Waals surface area contributed by atoms with Gasteiger partial charge < -0.3 is 0 Å². The van der Waals surface area contributed by atoms with Crippen LogP contribution < -0.4 is 11.2 Å². The molecule has 2 atom stereocenters. The number of aromatic nitrogens is 2. The molecule has 0 aliphatic heterocycles. The molecule has 0 bridgehead atoms. The highest BCUT2D eigenvalue weighted by atomic mass is 16.2. The zero-order valence-corrected chi connectivity index (χ0v) is 8.36. The van der Waals surface area contributed by atoms with Gasteiger partial charge in [0, 0.05) is 12.7 Å². The van der Waals surface area contributed by atoms with Crippen molar-refractivity contribution in [2.75, 3.05) is 0 Å². The number of nitrogens with one attached hydrogen (secondary N) is 1. The van der Waals surface area contributed by atoms with Gasteiger partial charge in [-0.2, -0.15) is 5.26 Å². The second-order valence-electron chi connectivity index (χ2n) is 4.04. The summed E-state index contributed by atoms with van der Waals surface area (Å²) in [5, 5.41) is 8.65. The van der Waals surface area contributed by atoms with E-state index in [2.05, 4.69) is 11.9 Å². The van der Waals surface area contributed by atoms with Gasteiger partial charge in [0.15, 0.2) is 0 Å². The normalized spacial score (nSPS) is 23.5. The molecule has 2 rings (SSSR count). The molecule has 1 N–H and O–H groups in total. The molecule has 78 valence electrons. The minimum atomic E-state index is -0.609. The molecule has 5 heteroatoms. The highest BCUT2D eigenvalue weighted by Gasteiger charge is 2.32. The van der Waals surface area contributed by atoms with E-state index in [1.807, 2.05) is 0 Å². The molecule has 0 spiro atoms. The number of rotatable bonds is 2. The number of nitriles is 1. The largest absolute Gasteiger partial charge is 0.328 e. The Hall–Kier alpha value is -1.83. The van der Waals surface area contributed by atoms with E-state index in [0.29, 0.717) is 18.4 Å². The molecule has 0 aromatic carbocycles. The van der Waals surface area contributed by atoms with Gasteiger partial charge in [0.2, 0.25) is 0 Å². The minimum Gasteiger partial charge on any atom is -0.299 e. The van der Waals surface area contributed by atoms with Gasteiger partial charge in [-0.05, 0) is 18.3 Å². The number of aromatic amines is 1. The summed E-state index contributed by atoms with van der Waals surface area (Å²) in [5.74, 6) is 1.13. The molecule has 1 aliphatic carbocycles. The first-order chi connectivity index (χ1) is 7.11. The molecule has 1 aromatic rings. The van der Waals surface area contributed by atoms with Crippen molar-refractivity contribution in [2.24, 2.45) is 11.8 Å². The fourth-order valence-corrected chi connectivity index (χ4v) is 1.63. The first-order valence-corrected chi connectivity index (χ1v) is 4.85. The molecule has 1 aliphatic rings. The Bertz CT molecular complexity index is 535. The van der Waals surface area contributed by atoms with E-state index in [4.69, 9.17) is 5.26 Å². The SMILES string of the molecule is CC1CC1Cn1cc(C#N)c(=O)[nH]c1=O. The van der Waals surface area contributed by atoms with Crippen LogP contribution >= 0.6 is 0 Å². The van der Waals surface area contributed by atoms with E-state index in [1.54, 1.807) is 6.07 Å². The number of hydrogen-bond donors (Lipinski definition) is 1. The van der Waals surface area contributed by atoms with Gasteiger partial charge in [-0.15, -0.1) is 0 Å². The predicted octanol–water partition coefficient (Wildman–Crippen LogP) is 0.0643. The lowest BCUT2D eigenvalue weighted by atomic mass is 10.3. The molecular formula is C10H11N3O2. The molecule has 5 nitrogen and oxygen atoms in total. The van der Waals surface area contributed by atoms with Gasteiger partial charge in [-0.25, -0.2) is 4.79 Å². The van der Waals surface area contributed by atoms with Gasteiger partial charge in [-0.3, -0.25) is 14.3 Å². The van der Waals surface area contributed by atoms with Crippen LogP contribution in [0.15, 0.2) is 15.8 Å². The summed E-state index contributed by atoms with van der Waals surface area (Å²) in [5.41, 5.74) is -1.05. The van der Waals surface area contributed by atoms with Crippen molar-refractivity contribution >= 4 is 0 Å². The van der Waals surface area contributed by atoms with Crippen LogP contribution in [-0.2, 0) is 6.54 Å². The minimum absolute atomic E-state index is 0.0112. The maximum Gasteiger partial charge on any atom is 0.328 e. The van der Waals surface area contributed by atoms with Gasteiger partial charge in [-0.1, -0.05) is 6.92 Å². The Balaban J connectivity index is 2.35. The second-order valence-corrected chi connectivity index (χ2v) is 4.04. The van der Waals surface area contributed by atoms with Gasteiger partial charge in [0.25, 0.3) is 5.56 Å². The molecule has 0 saturated heterocycles. The maximum absolute atomic E-state index is 11.4. The fourth-order valence-electron chi connectivity index (χ4n) is 1.63. The third-order valence-corrected chi connectivity index (χ3v) is 2.84. The smallest absolute Gasteiger partial charge is 0.299 e. The average molecular weight is 205 g/mol. The van der Waals surface area contributed by atoms with E-state index < -0.39 is 11.2 Å². The standard InChI is InChI=1S/C10H11N3O2/c1-6-2-7(6)4-13-5-8(3-11)9(14)12-10(13)15/h5-7H,2,4H2,1H3,(H,12,14,15). The summed E-state index contributed by atoms with van der Waals surface area (Å²) in [7, 11) is 0. The first kappa shape index (κ1) is 9.71. The number of H-pyrrole nitrogens is 1. The topological polar surface area (TPSA) is 78.7 Å². The van der Waals surface area contributed by atoms with Crippen molar-refractivity contribution in [1.29, 1.82) is 5.26 Å². The van der Waals surface area contributed by atoms with Crippen LogP contribution in [0.1, 0.15) is 18.9 Å². The number of hydrogen-bond acceptors (Lipinski definition) is 3. The summed E-state index contributed by atoms with van der Waals surface area (Å²) in [6, 6.07) is 1.76. The lowest BCUT2D eigenvalue weighted by Crippen LogP contribution is -2.31. The van der Waals surface area contributed by atoms with Gasteiger partial charge in [0.05, 0.1) is 0 Å². The Kier molecular flexibility index (Phi) is 2.19. The van der Waals surface area contributed by atoms with Crippen LogP contribution in [0, 0.1) is 23.2 Å². The van der Waals surface area contributed by atoms with Crippen LogP contribution in [0.4, 0.5) is 0 Å². The van der Waals surface area contributed by atoms with Gasteiger partial charge in [0.1, 0.15) is 11.6 Å². The summed E-state index contributed by atoms with van der Waals surface area (Å²) >= 11 is 0. The van der Waals surface area contributed by atoms with E-state index in [1.165, 1.54) is 10.8 Å². The van der Waals surface area contributed by atoms with Crippen molar-refractivity contribution in [3.05, 3.63) is 32.6 Å². The van der Waals surface area contributed by atoms with Crippen LogP contribution in [0.2, 0.25) is 0 Å². The lowest BCUT2D eigenvalue weighted by Gasteiger charge is -2.03. The molecule has 0 amide bonds. The summed E-state index contributed by atoms with van der Waals surface area (Å²) < 4.78 is 1.41. The molecule has 1 aromatic heterocycles.